The van der Waals surface area contributed by atoms with Gasteiger partial charge in [-0.2, -0.15) is 11.8 Å². The van der Waals surface area contributed by atoms with Crippen LogP contribution in [0.5, 0.6) is 0 Å². The molecule has 0 saturated carbocycles. The first-order chi connectivity index (χ1) is 10.7. The highest BCUT2D eigenvalue weighted by atomic mass is 79.9. The van der Waals surface area contributed by atoms with Crippen LogP contribution in [0.2, 0.25) is 0 Å². The fourth-order valence-corrected chi connectivity index (χ4v) is 4.01. The van der Waals surface area contributed by atoms with E-state index in [1.54, 1.807) is 7.05 Å². The van der Waals surface area contributed by atoms with Crippen LogP contribution in [0, 0.1) is 0 Å². The number of hydrogen-bond acceptors (Lipinski definition) is 4. The summed E-state index contributed by atoms with van der Waals surface area (Å²) in [6.45, 7) is 0. The monoisotopic (exact) mass is 380 g/mol. The van der Waals surface area contributed by atoms with Crippen LogP contribution in [0.25, 0.3) is 16.5 Å². The number of carbonyl (C=O) groups excluding carboxylic acids is 1. The van der Waals surface area contributed by atoms with E-state index in [1.807, 2.05) is 30.9 Å². The summed E-state index contributed by atoms with van der Waals surface area (Å²) in [4.78, 5) is 12.4. The molecule has 4 nitrogen and oxygen atoms in total. The Morgan fingerprint density at radius 2 is 2.18 bits per heavy atom. The molecule has 1 aromatic heterocycles. The Morgan fingerprint density at radius 3 is 2.82 bits per heavy atom. The second-order valence-electron chi connectivity index (χ2n) is 5.02. The van der Waals surface area contributed by atoms with Crippen molar-refractivity contribution < 1.29 is 9.21 Å². The second kappa shape index (κ2) is 6.38. The van der Waals surface area contributed by atoms with Gasteiger partial charge in [-0.3, -0.25) is 4.79 Å². The maximum Gasteiger partial charge on any atom is 0.255 e. The predicted molar refractivity (Wildman–Crippen MR) is 96.8 cm³/mol. The van der Waals surface area contributed by atoms with Crippen molar-refractivity contribution in [3.63, 3.8) is 0 Å². The molecule has 0 bridgehead atoms. The lowest BCUT2D eigenvalue weighted by Crippen LogP contribution is -2.19. The maximum absolute atomic E-state index is 12.4. The lowest BCUT2D eigenvalue weighted by Gasteiger charge is -2.11. The molecule has 0 spiro atoms. The number of hydrogen-bond donors (Lipinski definition) is 2. The number of allylic oxidation sites excluding steroid dienone is 1. The molecule has 0 unspecified atom stereocenters. The standard InChI is InChI=1S/C16H17BrN2O2S/c1-18-12-8-13-10(7-11(12)17)14(16(20)19-2)15(21-13)9-3-5-22-6-4-9/h3,7-8,18H,4-6H2,1-2H3,(H,19,20). The molecule has 1 aliphatic rings. The normalized spacial score (nSPS) is 14.8. The van der Waals surface area contributed by atoms with Gasteiger partial charge < -0.3 is 15.1 Å². The van der Waals surface area contributed by atoms with Gasteiger partial charge in [-0.15, -0.1) is 0 Å². The van der Waals surface area contributed by atoms with Gasteiger partial charge in [0.15, 0.2) is 0 Å². The van der Waals surface area contributed by atoms with Crippen LogP contribution in [-0.2, 0) is 0 Å². The van der Waals surface area contributed by atoms with Crippen LogP contribution < -0.4 is 10.6 Å². The van der Waals surface area contributed by atoms with Crippen molar-refractivity contribution >= 4 is 55.8 Å². The molecule has 0 saturated heterocycles. The van der Waals surface area contributed by atoms with Gasteiger partial charge >= 0.3 is 0 Å². The van der Waals surface area contributed by atoms with E-state index >= 15 is 0 Å². The third-order valence-corrected chi connectivity index (χ3v) is 5.31. The number of amides is 1. The van der Waals surface area contributed by atoms with E-state index in [1.165, 1.54) is 0 Å². The number of fused-ring (bicyclic) bond motifs is 1. The van der Waals surface area contributed by atoms with Crippen molar-refractivity contribution in [3.8, 4) is 0 Å². The molecule has 6 heteroatoms. The number of halogens is 1. The second-order valence-corrected chi connectivity index (χ2v) is 7.02. The molecule has 2 N–H and O–H groups in total. The quantitative estimate of drug-likeness (QED) is 0.840. The van der Waals surface area contributed by atoms with Gasteiger partial charge in [0, 0.05) is 35.8 Å². The summed E-state index contributed by atoms with van der Waals surface area (Å²) in [6, 6.07) is 3.87. The number of furan rings is 1. The first-order valence-electron chi connectivity index (χ1n) is 7.08. The SMILES string of the molecule is CNC(=O)c1c(C2=CCSCC2)oc2cc(NC)c(Br)cc12. The maximum atomic E-state index is 12.4. The van der Waals surface area contributed by atoms with Gasteiger partial charge in [0.05, 0.1) is 11.3 Å². The molecule has 0 atom stereocenters. The van der Waals surface area contributed by atoms with Crippen LogP contribution in [0.1, 0.15) is 22.5 Å². The summed E-state index contributed by atoms with van der Waals surface area (Å²) < 4.78 is 6.97. The molecule has 1 aromatic carbocycles. The Bertz CT molecular complexity index is 767. The molecular formula is C16H17BrN2O2S. The van der Waals surface area contributed by atoms with Gasteiger partial charge in [-0.25, -0.2) is 0 Å². The van der Waals surface area contributed by atoms with E-state index in [0.29, 0.717) is 11.3 Å². The summed E-state index contributed by atoms with van der Waals surface area (Å²) in [6.07, 6.45) is 3.08. The van der Waals surface area contributed by atoms with E-state index in [9.17, 15) is 4.79 Å². The van der Waals surface area contributed by atoms with Crippen molar-refractivity contribution in [1.29, 1.82) is 0 Å². The molecule has 0 aliphatic carbocycles. The third-order valence-electron chi connectivity index (χ3n) is 3.76. The smallest absolute Gasteiger partial charge is 0.255 e. The van der Waals surface area contributed by atoms with Crippen molar-refractivity contribution in [2.75, 3.05) is 30.9 Å². The van der Waals surface area contributed by atoms with Crippen LogP contribution in [-0.4, -0.2) is 31.5 Å². The highest BCUT2D eigenvalue weighted by Crippen LogP contribution is 2.38. The van der Waals surface area contributed by atoms with Gasteiger partial charge in [-0.1, -0.05) is 6.08 Å². The van der Waals surface area contributed by atoms with E-state index in [4.69, 9.17) is 4.42 Å². The minimum atomic E-state index is -0.114. The molecule has 2 aromatic rings. The van der Waals surface area contributed by atoms with Gasteiger partial charge in [0.2, 0.25) is 0 Å². The van der Waals surface area contributed by atoms with Crippen molar-refractivity contribution in [1.82, 2.24) is 5.32 Å². The first-order valence-corrected chi connectivity index (χ1v) is 9.03. The van der Waals surface area contributed by atoms with E-state index in [-0.39, 0.29) is 5.91 Å². The average molecular weight is 381 g/mol. The number of rotatable bonds is 3. The summed E-state index contributed by atoms with van der Waals surface area (Å²) in [5.74, 6) is 2.61. The molecule has 22 heavy (non-hydrogen) atoms. The summed E-state index contributed by atoms with van der Waals surface area (Å²) in [5, 5.41) is 6.67. The van der Waals surface area contributed by atoms with Gasteiger partial charge in [0.25, 0.3) is 5.91 Å². The lowest BCUT2D eigenvalue weighted by atomic mass is 10.0. The number of anilines is 1. The number of benzene rings is 1. The minimum absolute atomic E-state index is 0.114. The number of carbonyl (C=O) groups is 1. The van der Waals surface area contributed by atoms with E-state index in [0.717, 1.165) is 44.6 Å². The van der Waals surface area contributed by atoms with Gasteiger partial charge in [-0.05, 0) is 39.7 Å². The van der Waals surface area contributed by atoms with Crippen molar-refractivity contribution in [3.05, 3.63) is 34.0 Å². The Kier molecular flexibility index (Phi) is 4.49. The number of thioether (sulfide) groups is 1. The highest BCUT2D eigenvalue weighted by molar-refractivity contribution is 9.10. The molecule has 2 heterocycles. The number of nitrogens with one attached hydrogen (secondary N) is 2. The first kappa shape index (κ1) is 15.5. The highest BCUT2D eigenvalue weighted by Gasteiger charge is 2.24. The predicted octanol–water partition coefficient (Wildman–Crippen LogP) is 4.12. The third kappa shape index (κ3) is 2.65. The van der Waals surface area contributed by atoms with E-state index in [2.05, 4.69) is 32.6 Å². The van der Waals surface area contributed by atoms with Crippen LogP contribution >= 0.6 is 27.7 Å². The van der Waals surface area contributed by atoms with Crippen LogP contribution in [0.4, 0.5) is 5.69 Å². The largest absolute Gasteiger partial charge is 0.455 e. The zero-order chi connectivity index (χ0) is 15.7. The summed E-state index contributed by atoms with van der Waals surface area (Å²) >= 11 is 5.43. The topological polar surface area (TPSA) is 54.3 Å². The molecule has 1 amide bonds. The lowest BCUT2D eigenvalue weighted by molar-refractivity contribution is 0.0963. The molecule has 0 fully saturated rings. The molecule has 3 rings (SSSR count). The fourth-order valence-electron chi connectivity index (χ4n) is 2.62. The Balaban J connectivity index is 2.26. The van der Waals surface area contributed by atoms with Crippen LogP contribution in [0.3, 0.4) is 0 Å². The Morgan fingerprint density at radius 1 is 1.36 bits per heavy atom. The molecule has 0 radical (unpaired) electrons. The zero-order valence-corrected chi connectivity index (χ0v) is 14.9. The van der Waals surface area contributed by atoms with Gasteiger partial charge in [0.1, 0.15) is 11.3 Å². The average Bonchev–Trinajstić information content (AvgIpc) is 2.92. The molecule has 1 aliphatic heterocycles. The van der Waals surface area contributed by atoms with E-state index < -0.39 is 0 Å². The van der Waals surface area contributed by atoms with Crippen LogP contribution in [0.15, 0.2) is 27.1 Å². The Hall–Kier alpha value is -1.40. The zero-order valence-electron chi connectivity index (χ0n) is 12.5. The van der Waals surface area contributed by atoms with Crippen molar-refractivity contribution in [2.45, 2.75) is 6.42 Å². The summed E-state index contributed by atoms with van der Waals surface area (Å²) in [5.41, 5.74) is 3.40. The fraction of sp³-hybridized carbons (Fsp3) is 0.312. The molecular weight excluding hydrogens is 364 g/mol. The Labute approximate surface area is 141 Å². The molecule has 116 valence electrons. The summed E-state index contributed by atoms with van der Waals surface area (Å²) in [7, 11) is 3.50. The minimum Gasteiger partial charge on any atom is -0.455 e. The van der Waals surface area contributed by atoms with Crippen molar-refractivity contribution in [2.24, 2.45) is 0 Å².